The Labute approximate surface area is 122 Å². The third kappa shape index (κ3) is 2.67. The molecule has 1 unspecified atom stereocenters. The van der Waals surface area contributed by atoms with Crippen LogP contribution in [-0.4, -0.2) is 54.8 Å². The Kier molecular flexibility index (Phi) is 3.83. The molecule has 2 fully saturated rings. The van der Waals surface area contributed by atoms with Crippen LogP contribution in [0, 0.1) is 0 Å². The predicted octanol–water partition coefficient (Wildman–Crippen LogP) is 1.66. The monoisotopic (exact) mass is 321 g/mol. The van der Waals surface area contributed by atoms with E-state index in [1.165, 1.54) is 12.6 Å². The molecule has 1 aromatic rings. The first-order chi connectivity index (χ1) is 9.07. The van der Waals surface area contributed by atoms with Gasteiger partial charge in [0.1, 0.15) is 0 Å². The Morgan fingerprint density at radius 3 is 2.84 bits per heavy atom. The van der Waals surface area contributed by atoms with E-state index in [-0.39, 0.29) is 8.68 Å². The predicted molar refractivity (Wildman–Crippen MR) is 75.1 cm³/mol. The fraction of sp³-hybridized carbons (Fsp3) is 0.727. The normalized spacial score (nSPS) is 26.3. The number of rotatable bonds is 2. The van der Waals surface area contributed by atoms with E-state index >= 15 is 0 Å². The van der Waals surface area contributed by atoms with Crippen LogP contribution < -0.4 is 0 Å². The SMILES string of the molecule is O=S(=O)(c1cnc(Cl)s1)N1CCCN2CCCC2C1. The van der Waals surface area contributed by atoms with Crippen molar-refractivity contribution in [3.8, 4) is 0 Å². The van der Waals surface area contributed by atoms with Gasteiger partial charge in [-0.1, -0.05) is 22.9 Å². The summed E-state index contributed by atoms with van der Waals surface area (Å²) in [6.45, 7) is 3.29. The molecule has 106 valence electrons. The standard InChI is InChI=1S/C11H16ClN3O2S2/c12-11-13-7-10(18-11)19(16,17)15-6-2-5-14-4-1-3-9(14)8-15/h7,9H,1-6,8H2. The van der Waals surface area contributed by atoms with Crippen molar-refractivity contribution in [2.45, 2.75) is 29.5 Å². The second kappa shape index (κ2) is 5.29. The van der Waals surface area contributed by atoms with Gasteiger partial charge >= 0.3 is 0 Å². The summed E-state index contributed by atoms with van der Waals surface area (Å²) in [5, 5.41) is 0. The lowest BCUT2D eigenvalue weighted by molar-refractivity contribution is 0.257. The average molecular weight is 322 g/mol. The number of fused-ring (bicyclic) bond motifs is 1. The van der Waals surface area contributed by atoms with Gasteiger partial charge in [0.15, 0.2) is 8.68 Å². The zero-order valence-electron chi connectivity index (χ0n) is 10.5. The third-order valence-electron chi connectivity index (χ3n) is 3.82. The molecule has 2 aliphatic heterocycles. The smallest absolute Gasteiger partial charge is 0.254 e. The van der Waals surface area contributed by atoms with Crippen molar-refractivity contribution in [1.29, 1.82) is 0 Å². The fourth-order valence-electron chi connectivity index (χ4n) is 2.88. The molecule has 0 N–H and O–H groups in total. The molecule has 0 spiro atoms. The Bertz CT molecular complexity index is 560. The van der Waals surface area contributed by atoms with Crippen LogP contribution in [0.2, 0.25) is 4.47 Å². The second-order valence-corrected chi connectivity index (χ2v) is 8.76. The fourth-order valence-corrected chi connectivity index (χ4v) is 5.84. The van der Waals surface area contributed by atoms with Crippen LogP contribution in [0.1, 0.15) is 19.3 Å². The van der Waals surface area contributed by atoms with Crippen LogP contribution in [0.15, 0.2) is 10.4 Å². The third-order valence-corrected chi connectivity index (χ3v) is 7.23. The quantitative estimate of drug-likeness (QED) is 0.831. The van der Waals surface area contributed by atoms with E-state index in [4.69, 9.17) is 11.6 Å². The first-order valence-electron chi connectivity index (χ1n) is 6.43. The maximum Gasteiger partial charge on any atom is 0.254 e. The molecule has 3 rings (SSSR count). The van der Waals surface area contributed by atoms with Crippen molar-refractivity contribution in [2.24, 2.45) is 0 Å². The molecule has 0 saturated carbocycles. The van der Waals surface area contributed by atoms with Crippen molar-refractivity contribution >= 4 is 33.0 Å². The zero-order valence-corrected chi connectivity index (χ0v) is 12.8. The van der Waals surface area contributed by atoms with E-state index < -0.39 is 10.0 Å². The van der Waals surface area contributed by atoms with Crippen LogP contribution in [0.5, 0.6) is 0 Å². The highest BCUT2D eigenvalue weighted by Gasteiger charge is 2.35. The molecule has 3 heterocycles. The minimum Gasteiger partial charge on any atom is -0.299 e. The van der Waals surface area contributed by atoms with Crippen LogP contribution in [-0.2, 0) is 10.0 Å². The number of hydrogen-bond donors (Lipinski definition) is 0. The van der Waals surface area contributed by atoms with Crippen molar-refractivity contribution < 1.29 is 8.42 Å². The molecule has 5 nitrogen and oxygen atoms in total. The number of aromatic nitrogens is 1. The summed E-state index contributed by atoms with van der Waals surface area (Å²) in [6.07, 6.45) is 4.52. The number of halogens is 1. The lowest BCUT2D eigenvalue weighted by Crippen LogP contribution is -2.39. The summed E-state index contributed by atoms with van der Waals surface area (Å²) in [7, 11) is -3.42. The summed E-state index contributed by atoms with van der Waals surface area (Å²) in [5.41, 5.74) is 0. The van der Waals surface area contributed by atoms with Crippen LogP contribution in [0.3, 0.4) is 0 Å². The average Bonchev–Trinajstić information content (AvgIpc) is 2.94. The van der Waals surface area contributed by atoms with Crippen LogP contribution in [0.4, 0.5) is 0 Å². The Balaban J connectivity index is 1.84. The zero-order chi connectivity index (χ0) is 13.5. The minimum absolute atomic E-state index is 0.254. The molecule has 1 atom stereocenters. The molecule has 0 aromatic carbocycles. The van der Waals surface area contributed by atoms with Crippen LogP contribution in [0.25, 0.3) is 0 Å². The lowest BCUT2D eigenvalue weighted by Gasteiger charge is -2.24. The van der Waals surface area contributed by atoms with Gasteiger partial charge < -0.3 is 0 Å². The number of hydrogen-bond acceptors (Lipinski definition) is 5. The van der Waals surface area contributed by atoms with Gasteiger partial charge in [-0.3, -0.25) is 4.90 Å². The van der Waals surface area contributed by atoms with E-state index in [2.05, 4.69) is 9.88 Å². The Morgan fingerprint density at radius 2 is 2.11 bits per heavy atom. The molecular weight excluding hydrogens is 306 g/mol. The molecule has 2 aliphatic rings. The molecule has 0 radical (unpaired) electrons. The molecule has 0 bridgehead atoms. The van der Waals surface area contributed by atoms with Gasteiger partial charge in [-0.05, 0) is 32.4 Å². The summed E-state index contributed by atoms with van der Waals surface area (Å²) >= 11 is 6.77. The van der Waals surface area contributed by atoms with E-state index in [1.807, 2.05) is 0 Å². The molecular formula is C11H16ClN3O2S2. The first-order valence-corrected chi connectivity index (χ1v) is 9.06. The molecule has 0 amide bonds. The van der Waals surface area contributed by atoms with Crippen molar-refractivity contribution in [3.05, 3.63) is 10.7 Å². The van der Waals surface area contributed by atoms with E-state index in [0.717, 1.165) is 37.3 Å². The second-order valence-electron chi connectivity index (χ2n) is 4.98. The minimum atomic E-state index is -3.42. The Hall–Kier alpha value is -0.210. The highest BCUT2D eigenvalue weighted by molar-refractivity contribution is 7.91. The molecule has 1 aromatic heterocycles. The van der Waals surface area contributed by atoms with Gasteiger partial charge in [-0.25, -0.2) is 13.4 Å². The maximum atomic E-state index is 12.6. The Morgan fingerprint density at radius 1 is 1.32 bits per heavy atom. The van der Waals surface area contributed by atoms with Crippen molar-refractivity contribution in [2.75, 3.05) is 26.2 Å². The van der Waals surface area contributed by atoms with Crippen molar-refractivity contribution in [1.82, 2.24) is 14.2 Å². The highest BCUT2D eigenvalue weighted by atomic mass is 35.5. The van der Waals surface area contributed by atoms with Gasteiger partial charge in [0.05, 0.1) is 6.20 Å². The number of thiazole rings is 1. The lowest BCUT2D eigenvalue weighted by atomic mass is 10.2. The first kappa shape index (κ1) is 13.8. The number of nitrogens with zero attached hydrogens (tertiary/aromatic N) is 3. The van der Waals surface area contributed by atoms with Gasteiger partial charge in [0.25, 0.3) is 10.0 Å². The molecule has 19 heavy (non-hydrogen) atoms. The molecule has 8 heteroatoms. The maximum absolute atomic E-state index is 12.6. The molecule has 0 aliphatic carbocycles. The van der Waals surface area contributed by atoms with Gasteiger partial charge in [-0.15, -0.1) is 0 Å². The van der Waals surface area contributed by atoms with Crippen LogP contribution >= 0.6 is 22.9 Å². The summed E-state index contributed by atoms with van der Waals surface area (Å²) < 4.78 is 27.3. The van der Waals surface area contributed by atoms with Gasteiger partial charge in [0, 0.05) is 19.1 Å². The summed E-state index contributed by atoms with van der Waals surface area (Å²) in [5.74, 6) is 0. The topological polar surface area (TPSA) is 53.5 Å². The van der Waals surface area contributed by atoms with Gasteiger partial charge in [0.2, 0.25) is 0 Å². The van der Waals surface area contributed by atoms with E-state index in [1.54, 1.807) is 4.31 Å². The largest absolute Gasteiger partial charge is 0.299 e. The van der Waals surface area contributed by atoms with Crippen molar-refractivity contribution in [3.63, 3.8) is 0 Å². The van der Waals surface area contributed by atoms with Gasteiger partial charge in [-0.2, -0.15) is 4.31 Å². The molecule has 2 saturated heterocycles. The number of sulfonamides is 1. The highest BCUT2D eigenvalue weighted by Crippen LogP contribution is 2.29. The summed E-state index contributed by atoms with van der Waals surface area (Å²) in [4.78, 5) is 6.25. The summed E-state index contributed by atoms with van der Waals surface area (Å²) in [6, 6.07) is 0.376. The van der Waals surface area contributed by atoms with E-state index in [0.29, 0.717) is 19.1 Å². The van der Waals surface area contributed by atoms with E-state index in [9.17, 15) is 8.42 Å².